The van der Waals surface area contributed by atoms with Gasteiger partial charge in [-0.2, -0.15) is 5.26 Å². The molecule has 0 unspecified atom stereocenters. The lowest BCUT2D eigenvalue weighted by Gasteiger charge is -1.98. The number of benzene rings is 2. The van der Waals surface area contributed by atoms with Crippen molar-refractivity contribution in [3.8, 4) is 18.4 Å². The van der Waals surface area contributed by atoms with Crippen molar-refractivity contribution in [3.05, 3.63) is 47.5 Å². The third kappa shape index (κ3) is 1.32. The van der Waals surface area contributed by atoms with Crippen molar-refractivity contribution in [3.63, 3.8) is 0 Å². The van der Waals surface area contributed by atoms with Gasteiger partial charge in [0.25, 0.3) is 0 Å². The molecule has 0 heterocycles. The molecule has 0 N–H and O–H groups in total. The summed E-state index contributed by atoms with van der Waals surface area (Å²) in [7, 11) is 0. The zero-order chi connectivity index (χ0) is 9.97. The summed E-state index contributed by atoms with van der Waals surface area (Å²) in [5, 5.41) is 10.8. The van der Waals surface area contributed by atoms with Gasteiger partial charge in [0.05, 0.1) is 11.6 Å². The lowest BCUT2D eigenvalue weighted by molar-refractivity contribution is 1.49. The third-order valence-electron chi connectivity index (χ3n) is 2.14. The van der Waals surface area contributed by atoms with E-state index in [9.17, 15) is 0 Å². The van der Waals surface area contributed by atoms with E-state index < -0.39 is 0 Å². The van der Waals surface area contributed by atoms with Crippen molar-refractivity contribution < 1.29 is 0 Å². The van der Waals surface area contributed by atoms with Crippen LogP contribution in [0.15, 0.2) is 36.4 Å². The fourth-order valence-corrected chi connectivity index (χ4v) is 1.41. The maximum atomic E-state index is 8.73. The van der Waals surface area contributed by atoms with Gasteiger partial charge in [0.2, 0.25) is 0 Å². The summed E-state index contributed by atoms with van der Waals surface area (Å²) < 4.78 is 0. The van der Waals surface area contributed by atoms with Crippen molar-refractivity contribution in [2.75, 3.05) is 0 Å². The van der Waals surface area contributed by atoms with E-state index >= 15 is 0 Å². The Morgan fingerprint density at radius 3 is 2.21 bits per heavy atom. The van der Waals surface area contributed by atoms with Crippen LogP contribution in [-0.2, 0) is 0 Å². The monoisotopic (exact) mass is 177 g/mol. The molecule has 14 heavy (non-hydrogen) atoms. The fourth-order valence-electron chi connectivity index (χ4n) is 1.41. The molecule has 0 aliphatic heterocycles. The molecular weight excluding hydrogens is 170 g/mol. The van der Waals surface area contributed by atoms with Gasteiger partial charge < -0.3 is 0 Å². The zero-order valence-electron chi connectivity index (χ0n) is 7.49. The Kier molecular flexibility index (Phi) is 1.94. The number of hydrogen-bond donors (Lipinski definition) is 0. The number of nitriles is 1. The lowest BCUT2D eigenvalue weighted by atomic mass is 10.1. The molecule has 0 saturated carbocycles. The Labute approximate surface area is 82.6 Å². The summed E-state index contributed by atoms with van der Waals surface area (Å²) >= 11 is 0. The minimum atomic E-state index is 0.659. The maximum Gasteiger partial charge on any atom is 0.0991 e. The van der Waals surface area contributed by atoms with Gasteiger partial charge in [-0.25, -0.2) is 0 Å². The molecule has 2 aromatic carbocycles. The Morgan fingerprint density at radius 2 is 1.57 bits per heavy atom. The van der Waals surface area contributed by atoms with E-state index in [2.05, 4.69) is 12.0 Å². The summed E-state index contributed by atoms with van der Waals surface area (Å²) in [5.41, 5.74) is 1.50. The number of terminal acetylenes is 1. The van der Waals surface area contributed by atoms with Crippen LogP contribution in [0.4, 0.5) is 0 Å². The SMILES string of the molecule is C#Cc1ccc2ccc(C#N)cc2c1. The molecular formula is C13H7N. The molecule has 0 atom stereocenters. The Bertz CT molecular complexity index is 519. The number of hydrogen-bond acceptors (Lipinski definition) is 1. The maximum absolute atomic E-state index is 8.73. The first-order chi connectivity index (χ1) is 6.83. The standard InChI is InChI=1S/C13H7N/c1-2-10-3-5-12-6-4-11(9-14)8-13(12)7-10/h1,3-8H. The van der Waals surface area contributed by atoms with Crippen molar-refractivity contribution >= 4 is 10.8 Å². The molecule has 0 saturated heterocycles. The van der Waals surface area contributed by atoms with E-state index in [1.807, 2.05) is 30.3 Å². The minimum Gasteiger partial charge on any atom is -0.192 e. The Balaban J connectivity index is 2.75. The average Bonchev–Trinajstić information content (AvgIpc) is 2.27. The van der Waals surface area contributed by atoms with Crippen LogP contribution in [0, 0.1) is 23.7 Å². The first kappa shape index (κ1) is 8.35. The largest absolute Gasteiger partial charge is 0.192 e. The quantitative estimate of drug-likeness (QED) is 0.567. The molecule has 1 heteroatoms. The van der Waals surface area contributed by atoms with E-state index in [1.54, 1.807) is 6.07 Å². The molecule has 0 aromatic heterocycles. The molecule has 0 fully saturated rings. The molecule has 0 bridgehead atoms. The van der Waals surface area contributed by atoms with Crippen LogP contribution in [0.3, 0.4) is 0 Å². The van der Waals surface area contributed by atoms with Gasteiger partial charge >= 0.3 is 0 Å². The summed E-state index contributed by atoms with van der Waals surface area (Å²) in [6.07, 6.45) is 5.30. The van der Waals surface area contributed by atoms with E-state index in [0.717, 1.165) is 16.3 Å². The molecule has 2 aromatic rings. The molecule has 0 aliphatic carbocycles. The predicted molar refractivity (Wildman–Crippen MR) is 56.6 cm³/mol. The van der Waals surface area contributed by atoms with E-state index in [0.29, 0.717) is 5.56 Å². The van der Waals surface area contributed by atoms with Gasteiger partial charge in [0.15, 0.2) is 0 Å². The highest BCUT2D eigenvalue weighted by Gasteiger charge is 1.96. The van der Waals surface area contributed by atoms with Gasteiger partial charge in [-0.3, -0.25) is 0 Å². The topological polar surface area (TPSA) is 23.8 Å². The Morgan fingerprint density at radius 1 is 0.929 bits per heavy atom. The summed E-state index contributed by atoms with van der Waals surface area (Å²) in [4.78, 5) is 0. The highest BCUT2D eigenvalue weighted by Crippen LogP contribution is 2.17. The molecule has 0 spiro atoms. The van der Waals surface area contributed by atoms with Crippen molar-refractivity contribution in [1.29, 1.82) is 5.26 Å². The molecule has 0 aliphatic rings. The molecule has 0 amide bonds. The second-order valence-electron chi connectivity index (χ2n) is 3.03. The molecule has 2 rings (SSSR count). The van der Waals surface area contributed by atoms with Gasteiger partial charge in [0.1, 0.15) is 0 Å². The highest BCUT2D eigenvalue weighted by molar-refractivity contribution is 5.85. The van der Waals surface area contributed by atoms with Crippen LogP contribution in [0.2, 0.25) is 0 Å². The first-order valence-corrected chi connectivity index (χ1v) is 4.24. The summed E-state index contributed by atoms with van der Waals surface area (Å²) in [5.74, 6) is 2.57. The second-order valence-corrected chi connectivity index (χ2v) is 3.03. The number of nitrogens with zero attached hydrogens (tertiary/aromatic N) is 1. The molecule has 1 nitrogen and oxygen atoms in total. The van der Waals surface area contributed by atoms with Crippen molar-refractivity contribution in [1.82, 2.24) is 0 Å². The highest BCUT2D eigenvalue weighted by atomic mass is 14.2. The minimum absolute atomic E-state index is 0.659. The van der Waals surface area contributed by atoms with Crippen LogP contribution in [0.1, 0.15) is 11.1 Å². The van der Waals surface area contributed by atoms with Crippen LogP contribution in [0.25, 0.3) is 10.8 Å². The van der Waals surface area contributed by atoms with E-state index in [-0.39, 0.29) is 0 Å². The van der Waals surface area contributed by atoms with Crippen molar-refractivity contribution in [2.24, 2.45) is 0 Å². The van der Waals surface area contributed by atoms with Gasteiger partial charge in [-0.1, -0.05) is 18.1 Å². The van der Waals surface area contributed by atoms with Gasteiger partial charge in [-0.05, 0) is 35.0 Å². The average molecular weight is 177 g/mol. The van der Waals surface area contributed by atoms with Crippen LogP contribution >= 0.6 is 0 Å². The number of rotatable bonds is 0. The normalized spacial score (nSPS) is 9.29. The Hall–Kier alpha value is -2.25. The van der Waals surface area contributed by atoms with Crippen LogP contribution in [-0.4, -0.2) is 0 Å². The summed E-state index contributed by atoms with van der Waals surface area (Å²) in [6.45, 7) is 0. The first-order valence-electron chi connectivity index (χ1n) is 4.24. The van der Waals surface area contributed by atoms with Crippen LogP contribution in [0.5, 0.6) is 0 Å². The van der Waals surface area contributed by atoms with Crippen molar-refractivity contribution in [2.45, 2.75) is 0 Å². The fraction of sp³-hybridized carbons (Fsp3) is 0. The van der Waals surface area contributed by atoms with Gasteiger partial charge in [0, 0.05) is 5.56 Å². The lowest BCUT2D eigenvalue weighted by Crippen LogP contribution is -1.78. The molecule has 64 valence electrons. The molecule has 0 radical (unpaired) electrons. The second kappa shape index (κ2) is 3.24. The predicted octanol–water partition coefficient (Wildman–Crippen LogP) is 2.69. The van der Waals surface area contributed by atoms with Crippen LogP contribution < -0.4 is 0 Å². The smallest absolute Gasteiger partial charge is 0.0991 e. The number of fused-ring (bicyclic) bond motifs is 1. The zero-order valence-corrected chi connectivity index (χ0v) is 7.49. The van der Waals surface area contributed by atoms with Gasteiger partial charge in [-0.15, -0.1) is 6.42 Å². The van der Waals surface area contributed by atoms with E-state index in [1.165, 1.54) is 0 Å². The van der Waals surface area contributed by atoms with E-state index in [4.69, 9.17) is 11.7 Å². The summed E-state index contributed by atoms with van der Waals surface area (Å²) in [6, 6.07) is 13.5. The third-order valence-corrected chi connectivity index (χ3v) is 2.14.